The molecule has 0 unspecified atom stereocenters. The average Bonchev–Trinajstić information content (AvgIpc) is 2.57. The van der Waals surface area contributed by atoms with Crippen LogP contribution in [0, 0.1) is 0 Å². The van der Waals surface area contributed by atoms with Gasteiger partial charge in [0.05, 0.1) is 12.2 Å². The van der Waals surface area contributed by atoms with Crippen molar-refractivity contribution in [1.82, 2.24) is 0 Å². The molecule has 0 spiro atoms. The topological polar surface area (TPSA) is 52.6 Å². The Morgan fingerprint density at radius 3 is 3.00 bits per heavy atom. The van der Waals surface area contributed by atoms with E-state index in [1.807, 2.05) is 0 Å². The van der Waals surface area contributed by atoms with Crippen molar-refractivity contribution >= 4 is 23.4 Å². The number of carbonyl (C=O) groups excluding carboxylic acids is 2. The molecule has 0 saturated heterocycles. The van der Waals surface area contributed by atoms with Crippen molar-refractivity contribution in [3.8, 4) is 5.75 Å². The zero-order valence-corrected chi connectivity index (χ0v) is 9.28. The first-order valence-electron chi connectivity index (χ1n) is 4.80. The Balaban J connectivity index is 2.27. The van der Waals surface area contributed by atoms with Gasteiger partial charge in [0.1, 0.15) is 5.75 Å². The molecule has 1 atom stereocenters. The molecular formula is C11H9ClO4. The predicted octanol–water partition coefficient (Wildman–Crippen LogP) is 1.85. The SMILES string of the molecule is CCOC(=O)[C@@H]1Oc2ccc(Cl)cc2C1=O. The van der Waals surface area contributed by atoms with Crippen molar-refractivity contribution in [1.29, 1.82) is 0 Å². The number of benzene rings is 1. The standard InChI is InChI=1S/C11H9ClO4/c1-2-15-11(14)10-9(13)7-5-6(12)3-4-8(7)16-10/h3-5,10H,2H2,1H3/t10-/m1/s1. The first kappa shape index (κ1) is 11.0. The molecule has 5 heteroatoms. The first-order valence-corrected chi connectivity index (χ1v) is 5.18. The zero-order chi connectivity index (χ0) is 11.7. The fourth-order valence-electron chi connectivity index (χ4n) is 1.49. The van der Waals surface area contributed by atoms with Crippen LogP contribution in [0.1, 0.15) is 17.3 Å². The van der Waals surface area contributed by atoms with Gasteiger partial charge in [-0.25, -0.2) is 4.79 Å². The van der Waals surface area contributed by atoms with Gasteiger partial charge in [-0.3, -0.25) is 4.79 Å². The Morgan fingerprint density at radius 2 is 2.31 bits per heavy atom. The molecule has 0 fully saturated rings. The molecule has 0 bridgehead atoms. The van der Waals surface area contributed by atoms with Crippen molar-refractivity contribution in [2.24, 2.45) is 0 Å². The number of halogens is 1. The summed E-state index contributed by atoms with van der Waals surface area (Å²) in [4.78, 5) is 23.2. The third-order valence-corrected chi connectivity index (χ3v) is 2.43. The largest absolute Gasteiger partial charge is 0.470 e. The van der Waals surface area contributed by atoms with E-state index in [4.69, 9.17) is 21.1 Å². The number of ether oxygens (including phenoxy) is 2. The monoisotopic (exact) mass is 240 g/mol. The van der Waals surface area contributed by atoms with Gasteiger partial charge in [0.2, 0.25) is 5.78 Å². The van der Waals surface area contributed by atoms with Gasteiger partial charge in [0.15, 0.2) is 0 Å². The van der Waals surface area contributed by atoms with Crippen LogP contribution in [0.25, 0.3) is 0 Å². The van der Waals surface area contributed by atoms with Crippen LogP contribution in [-0.2, 0) is 9.53 Å². The minimum atomic E-state index is -1.19. The molecule has 1 aromatic rings. The van der Waals surface area contributed by atoms with Gasteiger partial charge < -0.3 is 9.47 Å². The molecule has 1 aromatic carbocycles. The molecule has 2 rings (SSSR count). The lowest BCUT2D eigenvalue weighted by Crippen LogP contribution is -2.32. The number of carbonyl (C=O) groups is 2. The summed E-state index contributed by atoms with van der Waals surface area (Å²) in [5.41, 5.74) is 0.325. The normalized spacial score (nSPS) is 17.9. The zero-order valence-electron chi connectivity index (χ0n) is 8.53. The number of ketones is 1. The molecule has 1 aliphatic rings. The molecule has 0 N–H and O–H groups in total. The highest BCUT2D eigenvalue weighted by molar-refractivity contribution is 6.31. The summed E-state index contributed by atoms with van der Waals surface area (Å²) in [6, 6.07) is 4.65. The summed E-state index contributed by atoms with van der Waals surface area (Å²) < 4.78 is 9.95. The van der Waals surface area contributed by atoms with Crippen molar-refractivity contribution in [3.05, 3.63) is 28.8 Å². The number of Topliss-reactive ketones (excluding diaryl/α,β-unsaturated/α-hetero) is 1. The van der Waals surface area contributed by atoms with Crippen LogP contribution in [0.4, 0.5) is 0 Å². The Morgan fingerprint density at radius 1 is 1.56 bits per heavy atom. The molecule has 1 heterocycles. The van der Waals surface area contributed by atoms with Gasteiger partial charge in [-0.15, -0.1) is 0 Å². The van der Waals surface area contributed by atoms with E-state index in [1.54, 1.807) is 19.1 Å². The van der Waals surface area contributed by atoms with Crippen LogP contribution >= 0.6 is 11.6 Å². The van der Waals surface area contributed by atoms with Gasteiger partial charge in [0, 0.05) is 5.02 Å². The lowest BCUT2D eigenvalue weighted by atomic mass is 10.1. The Kier molecular flexibility index (Phi) is 2.83. The van der Waals surface area contributed by atoms with Crippen LogP contribution in [0.15, 0.2) is 18.2 Å². The van der Waals surface area contributed by atoms with E-state index in [1.165, 1.54) is 6.07 Å². The molecular weight excluding hydrogens is 232 g/mol. The molecule has 16 heavy (non-hydrogen) atoms. The van der Waals surface area contributed by atoms with E-state index in [2.05, 4.69) is 0 Å². The maximum atomic E-state index is 11.8. The van der Waals surface area contributed by atoms with Crippen molar-refractivity contribution < 1.29 is 19.1 Å². The molecule has 0 aliphatic carbocycles. The van der Waals surface area contributed by atoms with Crippen LogP contribution < -0.4 is 4.74 Å². The highest BCUT2D eigenvalue weighted by Gasteiger charge is 2.39. The Hall–Kier alpha value is -1.55. The number of esters is 1. The summed E-state index contributed by atoms with van der Waals surface area (Å²) >= 11 is 5.75. The van der Waals surface area contributed by atoms with Crippen molar-refractivity contribution in [2.45, 2.75) is 13.0 Å². The van der Waals surface area contributed by atoms with Crippen LogP contribution in [0.3, 0.4) is 0 Å². The Bertz CT molecular complexity index is 455. The van der Waals surface area contributed by atoms with E-state index in [0.29, 0.717) is 16.3 Å². The maximum absolute atomic E-state index is 11.8. The number of hydrogen-bond donors (Lipinski definition) is 0. The third kappa shape index (κ3) is 1.76. The number of rotatable bonds is 2. The van der Waals surface area contributed by atoms with E-state index < -0.39 is 17.9 Å². The van der Waals surface area contributed by atoms with Gasteiger partial charge >= 0.3 is 5.97 Å². The van der Waals surface area contributed by atoms with Gasteiger partial charge in [0.25, 0.3) is 6.10 Å². The fraction of sp³-hybridized carbons (Fsp3) is 0.273. The summed E-state index contributed by atoms with van der Waals surface area (Å²) in [5.74, 6) is -0.705. The van der Waals surface area contributed by atoms with Crippen LogP contribution in [0.5, 0.6) is 5.75 Å². The van der Waals surface area contributed by atoms with E-state index in [9.17, 15) is 9.59 Å². The average molecular weight is 241 g/mol. The van der Waals surface area contributed by atoms with Gasteiger partial charge in [-0.1, -0.05) is 11.6 Å². The molecule has 1 aliphatic heterocycles. The number of hydrogen-bond acceptors (Lipinski definition) is 4. The summed E-state index contributed by atoms with van der Waals surface area (Å²) in [6.45, 7) is 1.88. The van der Waals surface area contributed by atoms with E-state index in [0.717, 1.165) is 0 Å². The molecule has 0 aromatic heterocycles. The molecule has 0 amide bonds. The predicted molar refractivity (Wildman–Crippen MR) is 56.8 cm³/mol. The van der Waals surface area contributed by atoms with E-state index in [-0.39, 0.29) is 6.61 Å². The summed E-state index contributed by atoms with van der Waals surface area (Å²) in [5, 5.41) is 0.431. The highest BCUT2D eigenvalue weighted by atomic mass is 35.5. The molecule has 84 valence electrons. The van der Waals surface area contributed by atoms with Crippen molar-refractivity contribution in [2.75, 3.05) is 6.61 Å². The molecule has 4 nitrogen and oxygen atoms in total. The second kappa shape index (κ2) is 4.14. The van der Waals surface area contributed by atoms with Crippen molar-refractivity contribution in [3.63, 3.8) is 0 Å². The molecule has 0 radical (unpaired) electrons. The summed E-state index contributed by atoms with van der Waals surface area (Å²) in [7, 11) is 0. The highest BCUT2D eigenvalue weighted by Crippen LogP contribution is 2.31. The van der Waals surface area contributed by atoms with Gasteiger partial charge in [-0.05, 0) is 25.1 Å². The first-order chi connectivity index (χ1) is 7.63. The minimum Gasteiger partial charge on any atom is -0.470 e. The fourth-order valence-corrected chi connectivity index (χ4v) is 1.66. The summed E-state index contributed by atoms with van der Waals surface area (Å²) in [6.07, 6.45) is -1.19. The second-order valence-corrected chi connectivity index (χ2v) is 3.69. The maximum Gasteiger partial charge on any atom is 0.355 e. The molecule has 0 saturated carbocycles. The lowest BCUT2D eigenvalue weighted by molar-refractivity contribution is -0.148. The van der Waals surface area contributed by atoms with Gasteiger partial charge in [-0.2, -0.15) is 0 Å². The number of fused-ring (bicyclic) bond motifs is 1. The minimum absolute atomic E-state index is 0.211. The quantitative estimate of drug-likeness (QED) is 0.585. The van der Waals surface area contributed by atoms with Crippen LogP contribution in [0.2, 0.25) is 5.02 Å². The second-order valence-electron chi connectivity index (χ2n) is 3.25. The third-order valence-electron chi connectivity index (χ3n) is 2.19. The lowest BCUT2D eigenvalue weighted by Gasteiger charge is -2.07. The van der Waals surface area contributed by atoms with Crippen LogP contribution in [-0.4, -0.2) is 24.5 Å². The smallest absolute Gasteiger partial charge is 0.355 e. The Labute approximate surface area is 97.1 Å². The van der Waals surface area contributed by atoms with E-state index >= 15 is 0 Å².